The summed E-state index contributed by atoms with van der Waals surface area (Å²) in [5, 5.41) is 0. The molecule has 5 nitrogen and oxygen atoms in total. The van der Waals surface area contributed by atoms with Crippen LogP contribution in [0.15, 0.2) is 48.5 Å². The van der Waals surface area contributed by atoms with E-state index in [1.165, 1.54) is 6.92 Å². The van der Waals surface area contributed by atoms with E-state index in [1.807, 2.05) is 86.5 Å². The quantitative estimate of drug-likeness (QED) is 0.514. The van der Waals surface area contributed by atoms with E-state index in [4.69, 9.17) is 4.74 Å². The molecule has 2 rings (SSSR count). The Morgan fingerprint density at radius 2 is 1.21 bits per heavy atom. The van der Waals surface area contributed by atoms with Crippen LogP contribution in [0.1, 0.15) is 30.9 Å². The van der Waals surface area contributed by atoms with E-state index in [1.54, 1.807) is 6.92 Å². The van der Waals surface area contributed by atoms with Crippen molar-refractivity contribution in [3.63, 3.8) is 0 Å². The summed E-state index contributed by atoms with van der Waals surface area (Å²) < 4.78 is 5.24. The molecule has 1 atom stereocenters. The Labute approximate surface area is 167 Å². The van der Waals surface area contributed by atoms with Crippen LogP contribution in [-0.4, -0.2) is 46.6 Å². The summed E-state index contributed by atoms with van der Waals surface area (Å²) in [6, 6.07) is 15.9. The second-order valence-electron chi connectivity index (χ2n) is 7.29. The highest BCUT2D eigenvalue weighted by Crippen LogP contribution is 2.35. The van der Waals surface area contributed by atoms with Crippen molar-refractivity contribution in [2.75, 3.05) is 44.6 Å². The number of ketones is 1. The van der Waals surface area contributed by atoms with Gasteiger partial charge in [-0.1, -0.05) is 24.3 Å². The summed E-state index contributed by atoms with van der Waals surface area (Å²) in [7, 11) is 7.90. The first-order chi connectivity index (χ1) is 13.3. The first-order valence-electron chi connectivity index (χ1n) is 9.47. The van der Waals surface area contributed by atoms with Gasteiger partial charge in [0.25, 0.3) is 0 Å². The van der Waals surface area contributed by atoms with Gasteiger partial charge < -0.3 is 14.5 Å². The molecule has 0 heterocycles. The predicted molar refractivity (Wildman–Crippen MR) is 114 cm³/mol. The first-order valence-corrected chi connectivity index (χ1v) is 9.47. The van der Waals surface area contributed by atoms with Crippen LogP contribution in [0.2, 0.25) is 0 Å². The highest BCUT2D eigenvalue weighted by molar-refractivity contribution is 5.99. The van der Waals surface area contributed by atoms with Crippen LogP contribution in [0.5, 0.6) is 0 Å². The van der Waals surface area contributed by atoms with Crippen molar-refractivity contribution < 1.29 is 14.3 Å². The molecule has 0 saturated heterocycles. The standard InChI is InChI=1S/C23H30N2O3/c1-7-28-23(27)21(16(2)26)22(17-8-12-19(13-9-17)24(3)4)18-10-14-20(15-11-18)25(5)6/h8-15,21-22H,7H2,1-6H3. The zero-order valence-corrected chi connectivity index (χ0v) is 17.6. The summed E-state index contributed by atoms with van der Waals surface area (Å²) in [4.78, 5) is 29.2. The maximum atomic E-state index is 12.7. The molecule has 0 saturated carbocycles. The molecule has 2 aromatic rings. The third-order valence-electron chi connectivity index (χ3n) is 4.85. The molecule has 0 fully saturated rings. The van der Waals surface area contributed by atoms with Crippen molar-refractivity contribution in [2.45, 2.75) is 19.8 Å². The van der Waals surface area contributed by atoms with Crippen molar-refractivity contribution in [1.29, 1.82) is 0 Å². The molecule has 1 unspecified atom stereocenters. The fraction of sp³-hybridized carbons (Fsp3) is 0.391. The van der Waals surface area contributed by atoms with Gasteiger partial charge in [0.2, 0.25) is 0 Å². The van der Waals surface area contributed by atoms with Crippen molar-refractivity contribution in [3.8, 4) is 0 Å². The van der Waals surface area contributed by atoms with E-state index in [9.17, 15) is 9.59 Å². The van der Waals surface area contributed by atoms with Crippen molar-refractivity contribution >= 4 is 23.1 Å². The third kappa shape index (κ3) is 4.91. The number of carbonyl (C=O) groups is 2. The van der Waals surface area contributed by atoms with Crippen molar-refractivity contribution in [1.82, 2.24) is 0 Å². The lowest BCUT2D eigenvalue weighted by Crippen LogP contribution is -2.31. The molecule has 0 aliphatic heterocycles. The van der Waals surface area contributed by atoms with Crippen molar-refractivity contribution in [2.24, 2.45) is 5.92 Å². The van der Waals surface area contributed by atoms with Gasteiger partial charge in [0.15, 0.2) is 0 Å². The lowest BCUT2D eigenvalue weighted by Gasteiger charge is -2.26. The van der Waals surface area contributed by atoms with E-state index in [0.717, 1.165) is 22.5 Å². The second kappa shape index (κ2) is 9.40. The molecule has 2 aromatic carbocycles. The molecular weight excluding hydrogens is 352 g/mol. The molecular formula is C23H30N2O3. The fourth-order valence-electron chi connectivity index (χ4n) is 3.31. The molecule has 0 spiro atoms. The van der Waals surface area contributed by atoms with Crippen molar-refractivity contribution in [3.05, 3.63) is 59.7 Å². The zero-order valence-electron chi connectivity index (χ0n) is 17.6. The number of anilines is 2. The van der Waals surface area contributed by atoms with E-state index in [0.29, 0.717) is 0 Å². The number of hydrogen-bond donors (Lipinski definition) is 0. The number of hydrogen-bond acceptors (Lipinski definition) is 5. The summed E-state index contributed by atoms with van der Waals surface area (Å²) >= 11 is 0. The molecule has 0 N–H and O–H groups in total. The molecule has 150 valence electrons. The normalized spacial score (nSPS) is 11.8. The summed E-state index contributed by atoms with van der Waals surface area (Å²) in [5.41, 5.74) is 3.94. The van der Waals surface area contributed by atoms with Gasteiger partial charge in [0.1, 0.15) is 11.7 Å². The zero-order chi connectivity index (χ0) is 20.8. The smallest absolute Gasteiger partial charge is 0.317 e. The number of Topliss-reactive ketones (excluding diaryl/α,β-unsaturated/α-hetero) is 1. The van der Waals surface area contributed by atoms with E-state index >= 15 is 0 Å². The molecule has 0 bridgehead atoms. The van der Waals surface area contributed by atoms with Crippen LogP contribution < -0.4 is 9.80 Å². The van der Waals surface area contributed by atoms with Gasteiger partial charge in [-0.3, -0.25) is 9.59 Å². The van der Waals surface area contributed by atoms with Gasteiger partial charge in [0, 0.05) is 45.5 Å². The van der Waals surface area contributed by atoms with Crippen LogP contribution in [0.3, 0.4) is 0 Å². The van der Waals surface area contributed by atoms with Crippen LogP contribution in [0.25, 0.3) is 0 Å². The third-order valence-corrected chi connectivity index (χ3v) is 4.85. The summed E-state index contributed by atoms with van der Waals surface area (Å²) in [5.74, 6) is -1.95. The minimum atomic E-state index is -0.879. The molecule has 0 aliphatic carbocycles. The Morgan fingerprint density at radius 1 is 0.821 bits per heavy atom. The number of esters is 1. The Hall–Kier alpha value is -2.82. The predicted octanol–water partition coefficient (Wildman–Crippen LogP) is 3.72. The summed E-state index contributed by atoms with van der Waals surface area (Å²) in [6.45, 7) is 3.45. The number of rotatable bonds is 8. The second-order valence-corrected chi connectivity index (χ2v) is 7.29. The number of nitrogens with zero attached hydrogens (tertiary/aromatic N) is 2. The largest absolute Gasteiger partial charge is 0.465 e. The van der Waals surface area contributed by atoms with Crippen LogP contribution in [-0.2, 0) is 14.3 Å². The topological polar surface area (TPSA) is 49.9 Å². The maximum absolute atomic E-state index is 12.7. The summed E-state index contributed by atoms with van der Waals surface area (Å²) in [6.07, 6.45) is 0. The van der Waals surface area contributed by atoms with Gasteiger partial charge in [-0.25, -0.2) is 0 Å². The Balaban J connectivity index is 2.55. The minimum absolute atomic E-state index is 0.197. The lowest BCUT2D eigenvalue weighted by molar-refractivity contribution is -0.151. The van der Waals surface area contributed by atoms with Gasteiger partial charge >= 0.3 is 5.97 Å². The minimum Gasteiger partial charge on any atom is -0.465 e. The Kier molecular flexibility index (Phi) is 7.21. The van der Waals surface area contributed by atoms with Crippen LogP contribution >= 0.6 is 0 Å². The number of ether oxygens (including phenoxy) is 1. The highest BCUT2D eigenvalue weighted by atomic mass is 16.5. The Bertz CT molecular complexity index is 744. The first kappa shape index (κ1) is 21.5. The average molecular weight is 383 g/mol. The number of benzene rings is 2. The lowest BCUT2D eigenvalue weighted by atomic mass is 9.78. The van der Waals surface area contributed by atoms with E-state index in [2.05, 4.69) is 0 Å². The molecule has 0 aliphatic rings. The van der Waals surface area contributed by atoms with Gasteiger partial charge in [-0.15, -0.1) is 0 Å². The Morgan fingerprint density at radius 3 is 1.50 bits per heavy atom. The molecule has 0 aromatic heterocycles. The molecule has 0 amide bonds. The van der Waals surface area contributed by atoms with E-state index in [-0.39, 0.29) is 12.4 Å². The molecule has 28 heavy (non-hydrogen) atoms. The average Bonchev–Trinajstić information content (AvgIpc) is 2.66. The highest BCUT2D eigenvalue weighted by Gasteiger charge is 2.36. The van der Waals surface area contributed by atoms with Crippen LogP contribution in [0, 0.1) is 5.92 Å². The number of carbonyl (C=O) groups excluding carboxylic acids is 2. The molecule has 0 radical (unpaired) electrons. The maximum Gasteiger partial charge on any atom is 0.317 e. The molecule has 5 heteroatoms. The SMILES string of the molecule is CCOC(=O)C(C(C)=O)C(c1ccc(N(C)C)cc1)c1ccc(N(C)C)cc1. The van der Waals surface area contributed by atoms with E-state index < -0.39 is 17.8 Å². The van der Waals surface area contributed by atoms with Gasteiger partial charge in [-0.05, 0) is 49.2 Å². The fourth-order valence-corrected chi connectivity index (χ4v) is 3.31. The van der Waals surface area contributed by atoms with Gasteiger partial charge in [0.05, 0.1) is 6.61 Å². The van der Waals surface area contributed by atoms with Crippen LogP contribution in [0.4, 0.5) is 11.4 Å². The monoisotopic (exact) mass is 382 g/mol. The van der Waals surface area contributed by atoms with Gasteiger partial charge in [-0.2, -0.15) is 0 Å².